The van der Waals surface area contributed by atoms with Gasteiger partial charge in [-0.2, -0.15) is 0 Å². The van der Waals surface area contributed by atoms with Crippen LogP contribution in [0.2, 0.25) is 0 Å². The second kappa shape index (κ2) is 19.4. The molecule has 27 heteroatoms. The maximum absolute atomic E-state index is 10.4. The second-order valence-corrected chi connectivity index (χ2v) is 24.5. The van der Waals surface area contributed by atoms with Crippen LogP contribution >= 0.6 is 0 Å². The molecule has 17 atom stereocenters. The van der Waals surface area contributed by atoms with Crippen LogP contribution in [-0.4, -0.2) is 185 Å². The number of imidazole rings is 4. The van der Waals surface area contributed by atoms with Gasteiger partial charge in [0.2, 0.25) is 0 Å². The minimum absolute atomic E-state index is 0.0356. The van der Waals surface area contributed by atoms with Crippen molar-refractivity contribution < 1.29 is 46.0 Å². The molecule has 0 bridgehead atoms. The molecule has 8 aliphatic carbocycles. The average molecular weight is 1130 g/mol. The first kappa shape index (κ1) is 54.4. The van der Waals surface area contributed by atoms with Gasteiger partial charge in [-0.15, -0.1) is 0 Å². The third-order valence-electron chi connectivity index (χ3n) is 20.5. The van der Waals surface area contributed by atoms with E-state index < -0.39 is 35.9 Å². The van der Waals surface area contributed by atoms with Crippen LogP contribution < -0.4 is 22.1 Å². The number of hydrogen-bond donors (Lipinski definition) is 13. The number of rotatable bonds is 10. The molecule has 8 fully saturated rings. The molecule has 17 unspecified atom stereocenters. The van der Waals surface area contributed by atoms with Gasteiger partial charge >= 0.3 is 0 Å². The first-order valence-electron chi connectivity index (χ1n) is 28.2. The third kappa shape index (κ3) is 7.94. The molecule has 0 radical (unpaired) electrons. The molecular formula is C55H72N18O9. The van der Waals surface area contributed by atoms with Crippen LogP contribution in [0.3, 0.4) is 0 Å². The Morgan fingerprint density at radius 1 is 0.524 bits per heavy atom. The summed E-state index contributed by atoms with van der Waals surface area (Å²) in [5, 5.41) is 95.6. The predicted octanol–water partition coefficient (Wildman–Crippen LogP) is 0.876. The van der Waals surface area contributed by atoms with Crippen molar-refractivity contribution >= 4 is 67.7 Å². The Hall–Kier alpha value is -6.82. The highest BCUT2D eigenvalue weighted by atomic mass is 16.3. The van der Waals surface area contributed by atoms with Crippen LogP contribution in [0.1, 0.15) is 86.5 Å². The predicted molar refractivity (Wildman–Crippen MR) is 298 cm³/mol. The fourth-order valence-corrected chi connectivity index (χ4v) is 15.5. The number of hydrogen-bond acceptors (Lipinski definition) is 23. The number of aliphatic hydroxyl groups excluding tert-OH is 9. The highest BCUT2D eigenvalue weighted by Gasteiger charge is 2.72. The number of nitrogen functional groups attached to an aromatic ring is 2. The Morgan fingerprint density at radius 3 is 1.49 bits per heavy atom. The van der Waals surface area contributed by atoms with E-state index >= 15 is 0 Å². The molecule has 8 heterocycles. The molecule has 8 aromatic rings. The molecule has 0 amide bonds. The van der Waals surface area contributed by atoms with Crippen molar-refractivity contribution in [2.75, 3.05) is 62.6 Å². The summed E-state index contributed by atoms with van der Waals surface area (Å²) < 4.78 is 7.89. The molecule has 15 N–H and O–H groups in total. The fraction of sp³-hybridized carbons (Fsp3) is 0.600. The molecule has 0 spiro atoms. The fourth-order valence-electron chi connectivity index (χ4n) is 15.5. The van der Waals surface area contributed by atoms with Crippen LogP contribution in [-0.2, 0) is 0 Å². The maximum atomic E-state index is 10.4. The van der Waals surface area contributed by atoms with Crippen molar-refractivity contribution in [3.8, 4) is 0 Å². The van der Waals surface area contributed by atoms with E-state index in [0.717, 1.165) is 58.8 Å². The lowest BCUT2D eigenvalue weighted by molar-refractivity contribution is -0.0300. The zero-order chi connectivity index (χ0) is 57.7. The van der Waals surface area contributed by atoms with Crippen LogP contribution in [0.5, 0.6) is 0 Å². The lowest BCUT2D eigenvalue weighted by Crippen LogP contribution is -2.35. The summed E-state index contributed by atoms with van der Waals surface area (Å²) in [4.78, 5) is 43.8. The van der Waals surface area contributed by atoms with Crippen LogP contribution in [0.25, 0.3) is 44.7 Å². The van der Waals surface area contributed by atoms with E-state index in [2.05, 4.69) is 65.0 Å². The van der Waals surface area contributed by atoms with Crippen LogP contribution in [0.15, 0.2) is 43.6 Å². The molecule has 8 saturated carbocycles. The van der Waals surface area contributed by atoms with E-state index in [0.29, 0.717) is 83.0 Å². The van der Waals surface area contributed by atoms with Crippen LogP contribution in [0, 0.1) is 66.1 Å². The third-order valence-corrected chi connectivity index (χ3v) is 20.5. The Balaban J connectivity index is 0.000000103. The monoisotopic (exact) mass is 1130 g/mol. The highest BCUT2D eigenvalue weighted by Crippen LogP contribution is 2.70. The zero-order valence-electron chi connectivity index (χ0n) is 46.3. The molecule has 16 rings (SSSR count). The standard InChI is InChI=1S/C14H19N5O2.C14H18N4O3.C14H18N4O2.C13H17N5O2/c1-7-17-12(15-2)11-13(18-7)19(6-16-11)9-3-10(21)14(5-20)4-8(9)14;1-6-2-8(15)9-13(17-6)18(5-16-9)10-7-3-14(7,4-19)12(21)11(10)20;1-15-9-2-3-16-13-12(9)17-7-18(13)10-4-11(20)14(6-19)5-8(10)14;1-6-16-11(14)10-12(17-6)18(5-15-10)8-2-9(20)13(4-19)3-7(8)13/h6,8-10,20-21H,3-5H2,1-2H3,(H,15,17,18);2,5,7,10-12,19-21H,3-4H2,1H3,(H2,15,17);2-3,7-8,10-11,19-20H,4-6H2,1H3,(H,15,16);5,7-9,19-20H,2-4H2,1H3,(H2,14,16,17). The van der Waals surface area contributed by atoms with Gasteiger partial charge in [0, 0.05) is 65.8 Å². The van der Waals surface area contributed by atoms with Gasteiger partial charge in [-0.3, -0.25) is 0 Å². The van der Waals surface area contributed by atoms with Crippen molar-refractivity contribution in [3.05, 3.63) is 61.0 Å². The minimum atomic E-state index is -0.933. The molecule has 8 aromatic heterocycles. The number of aliphatic hydroxyl groups is 9. The van der Waals surface area contributed by atoms with Crippen LogP contribution in [0.4, 0.5) is 23.0 Å². The minimum Gasteiger partial charge on any atom is -0.397 e. The van der Waals surface area contributed by atoms with Gasteiger partial charge in [-0.05, 0) is 102 Å². The van der Waals surface area contributed by atoms with Gasteiger partial charge in [0.1, 0.15) is 39.8 Å². The molecule has 27 nitrogen and oxygen atoms in total. The Morgan fingerprint density at radius 2 is 0.988 bits per heavy atom. The summed E-state index contributed by atoms with van der Waals surface area (Å²) in [5.74, 6) is 3.37. The number of anilines is 4. The van der Waals surface area contributed by atoms with Gasteiger partial charge in [-0.25, -0.2) is 49.8 Å². The number of aryl methyl sites for hydroxylation is 3. The topological polar surface area (TPSA) is 407 Å². The first-order chi connectivity index (χ1) is 39.4. The first-order valence-corrected chi connectivity index (χ1v) is 28.2. The van der Waals surface area contributed by atoms with Crippen molar-refractivity contribution in [2.24, 2.45) is 45.3 Å². The van der Waals surface area contributed by atoms with E-state index in [4.69, 9.17) is 11.5 Å². The van der Waals surface area contributed by atoms with Gasteiger partial charge < -0.3 is 86.3 Å². The Labute approximate surface area is 469 Å². The largest absolute Gasteiger partial charge is 0.397 e. The Kier molecular flexibility index (Phi) is 12.9. The van der Waals surface area contributed by atoms with Crippen molar-refractivity contribution in [2.45, 2.75) is 120 Å². The van der Waals surface area contributed by atoms with E-state index in [1.165, 1.54) is 0 Å². The average Bonchev–Trinajstić information content (AvgIpc) is 2.36. The number of pyridine rings is 2. The zero-order valence-corrected chi connectivity index (χ0v) is 46.3. The smallest absolute Gasteiger partial charge is 0.166 e. The molecule has 0 aromatic carbocycles. The van der Waals surface area contributed by atoms with E-state index in [1.54, 1.807) is 42.7 Å². The van der Waals surface area contributed by atoms with Crippen molar-refractivity contribution in [1.29, 1.82) is 0 Å². The summed E-state index contributed by atoms with van der Waals surface area (Å²) >= 11 is 0. The van der Waals surface area contributed by atoms with E-state index in [1.807, 2.05) is 49.5 Å². The molecule has 436 valence electrons. The maximum Gasteiger partial charge on any atom is 0.166 e. The summed E-state index contributed by atoms with van der Waals surface area (Å²) in [5.41, 5.74) is 18.4. The van der Waals surface area contributed by atoms with Gasteiger partial charge in [-0.1, -0.05) is 0 Å². The number of nitrogens with two attached hydrogens (primary N) is 2. The Bertz CT molecular complexity index is 3780. The second-order valence-electron chi connectivity index (χ2n) is 24.5. The SMILES string of the molecule is CNc1ccnc2c1ncn2C1CC(O)C2(CO)CC12.CNc1nc(C)nc2c1ncn2C1CC(O)C2(CO)CC12.Cc1cc(N)c2ncn(C3C(O)C(O)C4(CO)CC34)c2n1.Cc1nc(N)c2ncn(C3CC(O)C4(CO)CC34)c2n1. The highest BCUT2D eigenvalue weighted by molar-refractivity contribution is 5.86. The summed E-state index contributed by atoms with van der Waals surface area (Å²) in [7, 11) is 3.68. The summed E-state index contributed by atoms with van der Waals surface area (Å²) in [6, 6.07) is 3.78. The summed E-state index contributed by atoms with van der Waals surface area (Å²) in [6.45, 7) is 5.55. The number of nitrogens with one attached hydrogen (secondary N) is 2. The summed E-state index contributed by atoms with van der Waals surface area (Å²) in [6.07, 6.45) is 10.8. The molecule has 0 saturated heterocycles. The molecular weight excluding hydrogens is 1060 g/mol. The van der Waals surface area contributed by atoms with Gasteiger partial charge in [0.25, 0.3) is 0 Å². The molecule has 82 heavy (non-hydrogen) atoms. The van der Waals surface area contributed by atoms with Crippen molar-refractivity contribution in [3.63, 3.8) is 0 Å². The number of nitrogens with zero attached hydrogens (tertiary/aromatic N) is 14. The van der Waals surface area contributed by atoms with Crippen molar-refractivity contribution in [1.82, 2.24) is 68.1 Å². The van der Waals surface area contributed by atoms with Gasteiger partial charge in [0.05, 0.1) is 93.6 Å². The normalized spacial score (nSPS) is 35.7. The van der Waals surface area contributed by atoms with Gasteiger partial charge in [0.15, 0.2) is 34.2 Å². The number of fused-ring (bicyclic) bond motifs is 8. The number of aromatic nitrogens is 14. The van der Waals surface area contributed by atoms with E-state index in [-0.39, 0.29) is 78.7 Å². The lowest BCUT2D eigenvalue weighted by Gasteiger charge is -2.23. The quantitative estimate of drug-likeness (QED) is 0.0904. The molecule has 0 aliphatic heterocycles. The lowest BCUT2D eigenvalue weighted by atomic mass is 10.0. The molecule has 8 aliphatic rings. The van der Waals surface area contributed by atoms with E-state index in [9.17, 15) is 46.0 Å².